The summed E-state index contributed by atoms with van der Waals surface area (Å²) in [4.78, 5) is 0. The third kappa shape index (κ3) is 8.74. The second-order valence-corrected chi connectivity index (χ2v) is 23.4. The van der Waals surface area contributed by atoms with Crippen molar-refractivity contribution in [1.82, 2.24) is 0 Å². The van der Waals surface area contributed by atoms with Gasteiger partial charge in [0.25, 0.3) is 9.28 Å². The van der Waals surface area contributed by atoms with Gasteiger partial charge in [-0.2, -0.15) is 114 Å². The summed E-state index contributed by atoms with van der Waals surface area (Å²) >= 11 is 0. The molecule has 0 spiro atoms. The average Bonchev–Trinajstić information content (AvgIpc) is 2.88. The van der Waals surface area contributed by atoms with E-state index in [1.807, 2.05) is 0 Å². The Bertz CT molecular complexity index is 1130. The maximum Gasteiger partial charge on any atom is 0.460 e. The van der Waals surface area contributed by atoms with Crippen LogP contribution in [0.5, 0.6) is 0 Å². The summed E-state index contributed by atoms with van der Waals surface area (Å²) in [5.41, 5.74) is 0. The molecule has 0 rings (SSSR count). The van der Waals surface area contributed by atoms with Crippen molar-refractivity contribution in [3.63, 3.8) is 0 Å². The summed E-state index contributed by atoms with van der Waals surface area (Å²) in [5.74, 6) is -76.6. The van der Waals surface area contributed by atoms with Crippen molar-refractivity contribution in [2.24, 2.45) is 0 Å². The highest BCUT2D eigenvalue weighted by Crippen LogP contribution is 2.62. The minimum atomic E-state index is -8.16. The lowest BCUT2D eigenvalue weighted by Crippen LogP contribution is -2.70. The number of halogens is 26. The molecule has 0 radical (unpaired) electrons. The molecular weight excluding hydrogens is 862 g/mol. The Labute approximate surface area is 278 Å². The SMILES string of the molecule is C[SiH](O[Si](C)(C)CCC(F)(F)C(F)(F)C(F)(F)C(F)(F)C(F)(F)C(F)(F)F)O[Si](C)(C)CCC(F)(F)C(F)(F)C(F)(F)C(F)(F)C(F)(F)C(F)(F)F. The Morgan fingerprint density at radius 1 is 0.346 bits per heavy atom. The molecule has 0 aliphatic rings. The minimum absolute atomic E-state index is 0.751. The first-order valence-corrected chi connectivity index (χ1v) is 21.6. The van der Waals surface area contributed by atoms with E-state index in [2.05, 4.69) is 0 Å². The summed E-state index contributed by atoms with van der Waals surface area (Å²) < 4.78 is 357. The Hall–Kier alpha value is -1.25. The highest BCUT2D eigenvalue weighted by molar-refractivity contribution is 6.81. The van der Waals surface area contributed by atoms with Gasteiger partial charge in [0.1, 0.15) is 0 Å². The molecule has 0 atom stereocenters. The predicted molar refractivity (Wildman–Crippen MR) is 131 cm³/mol. The van der Waals surface area contributed by atoms with Gasteiger partial charge < -0.3 is 8.23 Å². The van der Waals surface area contributed by atoms with Crippen LogP contribution >= 0.6 is 0 Å². The molecule has 52 heavy (non-hydrogen) atoms. The molecule has 0 aliphatic heterocycles. The van der Waals surface area contributed by atoms with E-state index in [4.69, 9.17) is 8.23 Å². The molecule has 31 heteroatoms. The van der Waals surface area contributed by atoms with Crippen molar-refractivity contribution in [2.45, 2.75) is 129 Å². The second-order valence-electron chi connectivity index (χ2n) is 12.3. The fourth-order valence-corrected chi connectivity index (χ4v) is 14.5. The lowest BCUT2D eigenvalue weighted by atomic mass is 9.93. The molecule has 0 amide bonds. The Kier molecular flexibility index (Phi) is 13.7. The zero-order valence-electron chi connectivity index (χ0n) is 26.0. The summed E-state index contributed by atoms with van der Waals surface area (Å²) in [6.07, 6.45) is -20.6. The first kappa shape index (κ1) is 50.8. The molecule has 2 nitrogen and oxygen atoms in total. The van der Waals surface area contributed by atoms with E-state index >= 15 is 0 Å². The largest absolute Gasteiger partial charge is 0.460 e. The molecule has 0 aromatic rings. The molecule has 0 saturated carbocycles. The van der Waals surface area contributed by atoms with Gasteiger partial charge >= 0.3 is 71.6 Å². The standard InChI is InChI=1S/C21H24F26O2Si3/c1-50(48-51(2,3)8-6-10(22,23)12(26,27)14(30,31)16(34,35)18(38,39)20(42,43)44)49-52(4,5)9-7-11(24,25)13(28,29)15(32,33)17(36,37)19(40,41)21(45,46)47/h50H,6-9H2,1-5H3. The first-order valence-electron chi connectivity index (χ1n) is 13.3. The lowest BCUT2D eigenvalue weighted by Gasteiger charge is -2.40. The van der Waals surface area contributed by atoms with Gasteiger partial charge in [0.2, 0.25) is 0 Å². The minimum Gasteiger partial charge on any atom is -0.439 e. The third-order valence-electron chi connectivity index (χ3n) is 7.05. The van der Waals surface area contributed by atoms with Crippen molar-refractivity contribution < 1.29 is 122 Å². The molecule has 0 aliphatic carbocycles. The number of hydrogen-bond donors (Lipinski definition) is 0. The van der Waals surface area contributed by atoms with Crippen LogP contribution in [0.1, 0.15) is 12.8 Å². The molecule has 0 fully saturated rings. The van der Waals surface area contributed by atoms with E-state index in [1.165, 1.54) is 0 Å². The fraction of sp³-hybridized carbons (Fsp3) is 1.00. The van der Waals surface area contributed by atoms with Gasteiger partial charge in [0.15, 0.2) is 16.6 Å². The number of alkyl halides is 26. The molecule has 0 aromatic heterocycles. The third-order valence-corrected chi connectivity index (χ3v) is 17.7. The van der Waals surface area contributed by atoms with Crippen LogP contribution in [-0.2, 0) is 8.23 Å². The smallest absolute Gasteiger partial charge is 0.439 e. The van der Waals surface area contributed by atoms with Gasteiger partial charge in [0, 0.05) is 12.8 Å². The van der Waals surface area contributed by atoms with Crippen molar-refractivity contribution in [3.05, 3.63) is 0 Å². The van der Waals surface area contributed by atoms with E-state index in [0.717, 1.165) is 32.7 Å². The van der Waals surface area contributed by atoms with Crippen molar-refractivity contribution in [3.8, 4) is 0 Å². The normalized spacial score (nSPS) is 16.6. The average molecular weight is 887 g/mol. The van der Waals surface area contributed by atoms with Crippen LogP contribution in [-0.4, -0.2) is 97.5 Å². The van der Waals surface area contributed by atoms with Crippen molar-refractivity contribution >= 4 is 25.9 Å². The monoisotopic (exact) mass is 886 g/mol. The van der Waals surface area contributed by atoms with Crippen LogP contribution in [0.3, 0.4) is 0 Å². The van der Waals surface area contributed by atoms with Gasteiger partial charge in [-0.05, 0) is 44.8 Å². The van der Waals surface area contributed by atoms with E-state index in [9.17, 15) is 114 Å². The number of hydrogen-bond acceptors (Lipinski definition) is 2. The molecule has 0 bridgehead atoms. The zero-order valence-corrected chi connectivity index (χ0v) is 29.2. The molecule has 0 heterocycles. The van der Waals surface area contributed by atoms with Crippen LogP contribution in [0.25, 0.3) is 0 Å². The van der Waals surface area contributed by atoms with Gasteiger partial charge in [-0.3, -0.25) is 0 Å². The van der Waals surface area contributed by atoms with Crippen LogP contribution in [0.2, 0.25) is 44.8 Å². The van der Waals surface area contributed by atoms with Gasteiger partial charge in [0.05, 0.1) is 0 Å². The van der Waals surface area contributed by atoms with Crippen molar-refractivity contribution in [1.29, 1.82) is 0 Å². The van der Waals surface area contributed by atoms with E-state index in [0.29, 0.717) is 0 Å². The maximum atomic E-state index is 14.2. The van der Waals surface area contributed by atoms with Gasteiger partial charge in [-0.15, -0.1) is 0 Å². The molecule has 314 valence electrons. The molecule has 0 unspecified atom stereocenters. The molecule has 0 N–H and O–H groups in total. The topological polar surface area (TPSA) is 18.5 Å². The van der Waals surface area contributed by atoms with Gasteiger partial charge in [-0.25, -0.2) is 0 Å². The zero-order chi connectivity index (χ0) is 42.8. The van der Waals surface area contributed by atoms with E-state index in [-0.39, 0.29) is 0 Å². The Balaban J connectivity index is 5.93. The van der Waals surface area contributed by atoms with Crippen molar-refractivity contribution in [2.75, 3.05) is 0 Å². The summed E-state index contributed by atoms with van der Waals surface area (Å²) in [6, 6.07) is -3.13. The number of rotatable bonds is 18. The molecule has 0 saturated heterocycles. The predicted octanol–water partition coefficient (Wildman–Crippen LogP) is 11.5. The van der Waals surface area contributed by atoms with Crippen LogP contribution in [0, 0.1) is 0 Å². The fourth-order valence-electron chi connectivity index (χ4n) is 3.87. The lowest BCUT2D eigenvalue weighted by molar-refractivity contribution is -0.440. The van der Waals surface area contributed by atoms with E-state index in [1.54, 1.807) is 0 Å². The summed E-state index contributed by atoms with van der Waals surface area (Å²) in [5, 5.41) is 0. The highest BCUT2D eigenvalue weighted by Gasteiger charge is 2.92. The van der Waals surface area contributed by atoms with Crippen LogP contribution < -0.4 is 0 Å². The highest BCUT2D eigenvalue weighted by atomic mass is 28.4. The van der Waals surface area contributed by atoms with Gasteiger partial charge in [-0.1, -0.05) is 0 Å². The Morgan fingerprint density at radius 2 is 0.538 bits per heavy atom. The first-order chi connectivity index (χ1) is 22.0. The van der Waals surface area contributed by atoms with Crippen LogP contribution in [0.15, 0.2) is 0 Å². The maximum absolute atomic E-state index is 14.2. The van der Waals surface area contributed by atoms with Crippen LogP contribution in [0.4, 0.5) is 114 Å². The van der Waals surface area contributed by atoms with E-state index < -0.39 is 122 Å². The Morgan fingerprint density at radius 3 is 0.731 bits per heavy atom. The summed E-state index contributed by atoms with van der Waals surface area (Å²) in [6.45, 7) is 3.83. The quantitative estimate of drug-likeness (QED) is 0.101. The molecular formula is C21H24F26O2Si3. The second kappa shape index (κ2) is 14.0. The summed E-state index contributed by atoms with van der Waals surface area (Å²) in [7, 11) is -11.9. The molecule has 0 aromatic carbocycles.